The molecule has 5 fully saturated rings. The number of carboxylic acid groups (broad SMARTS) is 1. The van der Waals surface area contributed by atoms with Crippen LogP contribution in [0.4, 0.5) is 0 Å². The lowest BCUT2D eigenvalue weighted by Gasteiger charge is -2.72. The van der Waals surface area contributed by atoms with Crippen LogP contribution in [0.3, 0.4) is 0 Å². The molecular weight excluding hydrogens is 740 g/mol. The molecule has 57 heavy (non-hydrogen) atoms. The molecule has 4 saturated carbocycles. The van der Waals surface area contributed by atoms with Gasteiger partial charge in [-0.25, -0.2) is 9.59 Å². The van der Waals surface area contributed by atoms with Crippen molar-refractivity contribution in [1.82, 2.24) is 0 Å². The van der Waals surface area contributed by atoms with Crippen molar-refractivity contribution >= 4 is 17.9 Å². The Labute approximate surface area is 335 Å². The number of hydrogen-bond acceptors (Lipinski definition) is 13. The number of carbonyl (C=O) groups is 3. The zero-order valence-corrected chi connectivity index (χ0v) is 34.9. The number of fused-ring (bicyclic) bond motifs is 7. The highest BCUT2D eigenvalue weighted by Gasteiger charge is 2.74. The molecule has 0 radical (unpaired) electrons. The minimum atomic E-state index is -1.85. The molecule has 5 aliphatic carbocycles. The van der Waals surface area contributed by atoms with Crippen LogP contribution in [-0.4, -0.2) is 122 Å². The molecule has 14 nitrogen and oxygen atoms in total. The highest BCUT2D eigenvalue weighted by atomic mass is 16.7. The van der Waals surface area contributed by atoms with Gasteiger partial charge in [0, 0.05) is 23.3 Å². The van der Waals surface area contributed by atoms with Gasteiger partial charge in [-0.3, -0.25) is 4.79 Å². The quantitative estimate of drug-likeness (QED) is 0.0810. The van der Waals surface area contributed by atoms with Crippen molar-refractivity contribution in [3.63, 3.8) is 0 Å². The van der Waals surface area contributed by atoms with E-state index < -0.39 is 107 Å². The summed E-state index contributed by atoms with van der Waals surface area (Å²) in [5.74, 6) is -3.06. The molecule has 7 N–H and O–H groups in total. The van der Waals surface area contributed by atoms with Crippen molar-refractivity contribution in [2.75, 3.05) is 13.2 Å². The molecule has 14 heteroatoms. The van der Waals surface area contributed by atoms with Crippen LogP contribution in [0, 0.1) is 50.2 Å². The topological polar surface area (TPSA) is 230 Å². The third-order valence-corrected chi connectivity index (χ3v) is 16.8. The van der Waals surface area contributed by atoms with E-state index in [0.717, 1.165) is 12.0 Å². The maximum Gasteiger partial charge on any atom is 0.335 e. The van der Waals surface area contributed by atoms with E-state index in [9.17, 15) is 50.1 Å². The zero-order valence-electron chi connectivity index (χ0n) is 34.9. The molecule has 1 saturated heterocycles. The summed E-state index contributed by atoms with van der Waals surface area (Å²) in [6.07, 6.45) is -4.71. The molecule has 0 spiro atoms. The Morgan fingerprint density at radius 2 is 1.53 bits per heavy atom. The Morgan fingerprint density at radius 1 is 0.860 bits per heavy atom. The predicted molar refractivity (Wildman–Crippen MR) is 204 cm³/mol. The molecule has 0 aromatic carbocycles. The Balaban J connectivity index is 1.36. The average Bonchev–Trinajstić information content (AvgIpc) is 3.13. The third kappa shape index (κ3) is 6.37. The van der Waals surface area contributed by atoms with E-state index in [1.807, 2.05) is 20.8 Å². The first kappa shape index (κ1) is 44.1. The first-order chi connectivity index (χ1) is 26.4. The van der Waals surface area contributed by atoms with Crippen molar-refractivity contribution in [3.8, 4) is 0 Å². The van der Waals surface area contributed by atoms with Gasteiger partial charge in [0.05, 0.1) is 30.8 Å². The number of carboxylic acids is 1. The molecule has 6 aliphatic rings. The van der Waals surface area contributed by atoms with Gasteiger partial charge in [-0.1, -0.05) is 59.3 Å². The van der Waals surface area contributed by atoms with Crippen molar-refractivity contribution in [3.05, 3.63) is 23.3 Å². The minimum absolute atomic E-state index is 0.0834. The smallest absolute Gasteiger partial charge is 0.335 e. The van der Waals surface area contributed by atoms with E-state index in [1.54, 1.807) is 19.9 Å². The van der Waals surface area contributed by atoms with Gasteiger partial charge in [0.15, 0.2) is 12.4 Å². The normalized spacial score (nSPS) is 49.2. The Bertz CT molecular complexity index is 1660. The van der Waals surface area contributed by atoms with E-state index in [-0.39, 0.29) is 35.7 Å². The minimum Gasteiger partial charge on any atom is -0.479 e. The number of esters is 2. The number of carbonyl (C=O) groups excluding carboxylic acids is 2. The van der Waals surface area contributed by atoms with Gasteiger partial charge in [0.25, 0.3) is 0 Å². The monoisotopic (exact) mass is 806 g/mol. The predicted octanol–water partition coefficient (Wildman–Crippen LogP) is 3.03. The number of aliphatic hydroxyl groups excluding tert-OH is 6. The largest absolute Gasteiger partial charge is 0.479 e. The summed E-state index contributed by atoms with van der Waals surface area (Å²) >= 11 is 0. The lowest BCUT2D eigenvalue weighted by atomic mass is 9.33. The lowest BCUT2D eigenvalue weighted by molar-refractivity contribution is -0.328. The van der Waals surface area contributed by atoms with Crippen molar-refractivity contribution in [1.29, 1.82) is 0 Å². The molecule has 6 rings (SSSR count). The second-order valence-corrected chi connectivity index (χ2v) is 19.9. The zero-order chi connectivity index (χ0) is 42.4. The number of allylic oxidation sites excluding steroid dienone is 3. The van der Waals surface area contributed by atoms with Gasteiger partial charge in [-0.05, 0) is 92.8 Å². The van der Waals surface area contributed by atoms with Crippen LogP contribution in [0.5, 0.6) is 0 Å². The fourth-order valence-electron chi connectivity index (χ4n) is 13.3. The summed E-state index contributed by atoms with van der Waals surface area (Å²) in [4.78, 5) is 37.8. The summed E-state index contributed by atoms with van der Waals surface area (Å²) in [6.45, 7) is 16.6. The first-order valence-corrected chi connectivity index (χ1v) is 20.6. The summed E-state index contributed by atoms with van der Waals surface area (Å²) in [5, 5.41) is 76.3. The number of aliphatic hydroxyl groups is 6. The molecule has 17 atom stereocenters. The van der Waals surface area contributed by atoms with Gasteiger partial charge in [-0.15, -0.1) is 0 Å². The van der Waals surface area contributed by atoms with E-state index in [4.69, 9.17) is 18.9 Å². The number of hydrogen-bond donors (Lipinski definition) is 7. The van der Waals surface area contributed by atoms with Crippen LogP contribution in [0.1, 0.15) is 107 Å². The van der Waals surface area contributed by atoms with Gasteiger partial charge < -0.3 is 54.7 Å². The van der Waals surface area contributed by atoms with Crippen molar-refractivity contribution < 1.29 is 69.1 Å². The van der Waals surface area contributed by atoms with E-state index in [1.165, 1.54) is 6.92 Å². The van der Waals surface area contributed by atoms with Crippen molar-refractivity contribution in [2.45, 2.75) is 162 Å². The second kappa shape index (κ2) is 14.9. The lowest BCUT2D eigenvalue weighted by Crippen LogP contribution is -2.72. The number of ether oxygens (including phenoxy) is 4. The summed E-state index contributed by atoms with van der Waals surface area (Å²) in [5.41, 5.74) is -2.67. The number of rotatable bonds is 8. The van der Waals surface area contributed by atoms with E-state index >= 15 is 0 Å². The van der Waals surface area contributed by atoms with Crippen LogP contribution in [-0.2, 0) is 33.3 Å². The summed E-state index contributed by atoms with van der Waals surface area (Å²) in [7, 11) is 0. The Kier molecular flexibility index (Phi) is 11.6. The maximum atomic E-state index is 13.2. The first-order valence-electron chi connectivity index (χ1n) is 20.6. The van der Waals surface area contributed by atoms with Crippen LogP contribution in [0.2, 0.25) is 0 Å². The fraction of sp³-hybridized carbons (Fsp3) is 0.837. The SMILES string of the molecule is C/C=C(\C)C(=O)O[C@H]1[C@H](OC(C)=O)[C@]2(CO)[C@@H](O)C[C@]3(C)C(=CC[C@@H]4[C@@]5(C)CC[C@H](O[C@@H]6O[C@H](C(=O)O)[C@@H](O)[C@H](O)[C@H]6O)[C@@](C)(CO)[C@@H]5CC[C@]43C)[C@@H]2CC1(C)C. The fourth-order valence-corrected chi connectivity index (χ4v) is 13.3. The van der Waals surface area contributed by atoms with Crippen LogP contribution in [0.15, 0.2) is 23.3 Å². The molecular formula is C43H66O14. The van der Waals surface area contributed by atoms with Gasteiger partial charge >= 0.3 is 17.9 Å². The third-order valence-electron chi connectivity index (χ3n) is 16.8. The van der Waals surface area contributed by atoms with Gasteiger partial charge in [0.1, 0.15) is 30.5 Å². The highest BCUT2D eigenvalue weighted by molar-refractivity contribution is 5.87. The van der Waals surface area contributed by atoms with Crippen LogP contribution >= 0.6 is 0 Å². The molecule has 1 heterocycles. The summed E-state index contributed by atoms with van der Waals surface area (Å²) < 4.78 is 24.0. The standard InChI is InChI=1S/C43H66O14/c1-10-21(2)36(53)57-33-34(54-22(3)46)43(20-45)24(17-38(33,4)5)23-11-12-26-39(6)15-14-28(55-37-31(50)29(48)30(49)32(56-37)35(51)52)40(7,19-44)25(39)13-16-41(26,8)42(23,9)18-27(43)47/h10-11,24-34,37,44-45,47-50H,12-20H2,1-9H3,(H,51,52)/b21-10+/t24-,25+,26+,27-,28-,29-,30-,31+,32-,33-,34-,37+,39-,40-,41+,42+,43-/m0/s1. The van der Waals surface area contributed by atoms with Crippen molar-refractivity contribution in [2.24, 2.45) is 50.2 Å². The highest BCUT2D eigenvalue weighted by Crippen LogP contribution is 2.76. The van der Waals surface area contributed by atoms with Gasteiger partial charge in [0.2, 0.25) is 0 Å². The molecule has 0 bridgehead atoms. The summed E-state index contributed by atoms with van der Waals surface area (Å²) in [6, 6.07) is 0. The molecule has 0 amide bonds. The van der Waals surface area contributed by atoms with E-state index in [0.29, 0.717) is 37.7 Å². The number of aliphatic carboxylic acids is 1. The Hall–Kier alpha value is -2.43. The molecule has 1 aliphatic heterocycles. The molecule has 0 unspecified atom stereocenters. The second-order valence-electron chi connectivity index (χ2n) is 19.9. The average molecular weight is 807 g/mol. The van der Waals surface area contributed by atoms with E-state index in [2.05, 4.69) is 26.8 Å². The maximum absolute atomic E-state index is 13.2. The van der Waals surface area contributed by atoms with Crippen LogP contribution in [0.25, 0.3) is 0 Å². The molecule has 0 aromatic heterocycles. The molecule has 322 valence electrons. The van der Waals surface area contributed by atoms with Gasteiger partial charge in [-0.2, -0.15) is 0 Å². The van der Waals surface area contributed by atoms with Crippen LogP contribution < -0.4 is 0 Å². The molecule has 0 aromatic rings. The Morgan fingerprint density at radius 3 is 2.11 bits per heavy atom.